The number of rotatable bonds is 4. The summed E-state index contributed by atoms with van der Waals surface area (Å²) < 4.78 is 0. The molecule has 0 amide bonds. The number of hydrogen-bond acceptors (Lipinski definition) is 2. The molecule has 0 aliphatic heterocycles. The Hall–Kier alpha value is -0.860. The number of nitrogens with two attached hydrogens (primary N) is 1. The first-order valence-electron chi connectivity index (χ1n) is 5.07. The topological polar surface area (TPSA) is 38.0 Å². The van der Waals surface area contributed by atoms with Crippen LogP contribution in [0.4, 0.5) is 0 Å². The number of nitrogens with one attached hydrogen (secondary N) is 1. The summed E-state index contributed by atoms with van der Waals surface area (Å²) in [6.45, 7) is 7.15. The van der Waals surface area contributed by atoms with E-state index in [0.29, 0.717) is 0 Å². The molecule has 1 atom stereocenters. The van der Waals surface area contributed by atoms with Crippen molar-refractivity contribution in [2.75, 3.05) is 0 Å². The Morgan fingerprint density at radius 3 is 2.36 bits per heavy atom. The quantitative estimate of drug-likeness (QED) is 0.764. The average molecular weight is 192 g/mol. The van der Waals surface area contributed by atoms with Crippen molar-refractivity contribution < 1.29 is 0 Å². The van der Waals surface area contributed by atoms with Crippen LogP contribution in [-0.4, -0.2) is 11.6 Å². The third-order valence-electron chi connectivity index (χ3n) is 2.73. The molecule has 2 heteroatoms. The van der Waals surface area contributed by atoms with Crippen LogP contribution < -0.4 is 11.1 Å². The van der Waals surface area contributed by atoms with Crippen molar-refractivity contribution >= 4 is 0 Å². The van der Waals surface area contributed by atoms with Crippen molar-refractivity contribution in [1.29, 1.82) is 0 Å². The summed E-state index contributed by atoms with van der Waals surface area (Å²) in [6, 6.07) is 10.5. The van der Waals surface area contributed by atoms with Crippen molar-refractivity contribution in [3.05, 3.63) is 35.9 Å². The van der Waals surface area contributed by atoms with E-state index in [-0.39, 0.29) is 11.6 Å². The Labute approximate surface area is 86.5 Å². The van der Waals surface area contributed by atoms with E-state index in [1.807, 2.05) is 13.0 Å². The highest BCUT2D eigenvalue weighted by Gasteiger charge is 2.21. The Bertz CT molecular complexity index is 265. The molecule has 0 fully saturated rings. The molecule has 0 heterocycles. The maximum Gasteiger partial charge on any atom is 0.0276 e. The number of hydrogen-bond donors (Lipinski definition) is 2. The Morgan fingerprint density at radius 2 is 1.86 bits per heavy atom. The molecule has 0 saturated heterocycles. The van der Waals surface area contributed by atoms with Gasteiger partial charge in [-0.05, 0) is 26.3 Å². The summed E-state index contributed by atoms with van der Waals surface area (Å²) in [6.07, 6.45) is 0. The van der Waals surface area contributed by atoms with Crippen LogP contribution in [-0.2, 0) is 6.54 Å². The molecule has 0 aliphatic carbocycles. The largest absolute Gasteiger partial charge is 0.326 e. The second-order valence-corrected chi connectivity index (χ2v) is 4.35. The minimum atomic E-state index is -0.0180. The van der Waals surface area contributed by atoms with Crippen LogP contribution in [0, 0.1) is 0 Å². The molecule has 78 valence electrons. The molecule has 0 aromatic heterocycles. The van der Waals surface area contributed by atoms with Gasteiger partial charge in [-0.15, -0.1) is 0 Å². The zero-order valence-corrected chi connectivity index (χ0v) is 9.25. The summed E-state index contributed by atoms with van der Waals surface area (Å²) in [5.74, 6) is 0. The van der Waals surface area contributed by atoms with Crippen LogP contribution in [0.5, 0.6) is 0 Å². The van der Waals surface area contributed by atoms with E-state index < -0.39 is 0 Å². The zero-order valence-electron chi connectivity index (χ0n) is 9.25. The van der Waals surface area contributed by atoms with Crippen molar-refractivity contribution in [1.82, 2.24) is 5.32 Å². The molecule has 1 rings (SSSR count). The van der Waals surface area contributed by atoms with Gasteiger partial charge in [0.1, 0.15) is 0 Å². The van der Waals surface area contributed by atoms with Gasteiger partial charge >= 0.3 is 0 Å². The second-order valence-electron chi connectivity index (χ2n) is 4.35. The van der Waals surface area contributed by atoms with Gasteiger partial charge in [0.25, 0.3) is 0 Å². The first-order chi connectivity index (χ1) is 6.52. The van der Waals surface area contributed by atoms with Crippen LogP contribution in [0.3, 0.4) is 0 Å². The van der Waals surface area contributed by atoms with Gasteiger partial charge in [-0.2, -0.15) is 0 Å². The van der Waals surface area contributed by atoms with Gasteiger partial charge in [-0.25, -0.2) is 0 Å². The molecule has 1 unspecified atom stereocenters. The lowest BCUT2D eigenvalue weighted by molar-refractivity contribution is 0.331. The molecule has 1 aromatic rings. The van der Waals surface area contributed by atoms with Gasteiger partial charge in [-0.1, -0.05) is 30.3 Å². The average Bonchev–Trinajstić information content (AvgIpc) is 2.16. The van der Waals surface area contributed by atoms with Gasteiger partial charge in [-0.3, -0.25) is 0 Å². The van der Waals surface area contributed by atoms with Crippen LogP contribution in [0.25, 0.3) is 0 Å². The highest BCUT2D eigenvalue weighted by atomic mass is 15.0. The maximum atomic E-state index is 5.87. The Morgan fingerprint density at radius 1 is 1.29 bits per heavy atom. The lowest BCUT2D eigenvalue weighted by atomic mass is 9.96. The summed E-state index contributed by atoms with van der Waals surface area (Å²) in [7, 11) is 0. The standard InChI is InChI=1S/C12H20N2/c1-10(13)12(2,3)14-9-11-7-5-4-6-8-11/h4-8,10,14H,9,13H2,1-3H3. The van der Waals surface area contributed by atoms with E-state index in [9.17, 15) is 0 Å². The molecule has 0 radical (unpaired) electrons. The first-order valence-corrected chi connectivity index (χ1v) is 5.07. The van der Waals surface area contributed by atoms with E-state index >= 15 is 0 Å². The predicted molar refractivity (Wildman–Crippen MR) is 61.0 cm³/mol. The summed E-state index contributed by atoms with van der Waals surface area (Å²) >= 11 is 0. The van der Waals surface area contributed by atoms with E-state index in [1.165, 1.54) is 5.56 Å². The van der Waals surface area contributed by atoms with Gasteiger partial charge in [0.15, 0.2) is 0 Å². The first kappa shape index (κ1) is 11.2. The van der Waals surface area contributed by atoms with Crippen molar-refractivity contribution in [2.24, 2.45) is 5.73 Å². The molecule has 0 bridgehead atoms. The summed E-state index contributed by atoms with van der Waals surface area (Å²) in [5.41, 5.74) is 7.15. The van der Waals surface area contributed by atoms with Gasteiger partial charge in [0.05, 0.1) is 0 Å². The summed E-state index contributed by atoms with van der Waals surface area (Å²) in [5, 5.41) is 3.45. The fraction of sp³-hybridized carbons (Fsp3) is 0.500. The highest BCUT2D eigenvalue weighted by Crippen LogP contribution is 2.08. The molecule has 14 heavy (non-hydrogen) atoms. The van der Waals surface area contributed by atoms with E-state index in [0.717, 1.165) is 6.54 Å². The SMILES string of the molecule is CC(N)C(C)(C)NCc1ccccc1. The second kappa shape index (κ2) is 4.58. The molecule has 2 nitrogen and oxygen atoms in total. The third-order valence-corrected chi connectivity index (χ3v) is 2.73. The molecule has 0 saturated carbocycles. The van der Waals surface area contributed by atoms with Crippen molar-refractivity contribution in [3.8, 4) is 0 Å². The van der Waals surface area contributed by atoms with Crippen LogP contribution in [0.2, 0.25) is 0 Å². The lowest BCUT2D eigenvalue weighted by Gasteiger charge is -2.30. The van der Waals surface area contributed by atoms with E-state index in [2.05, 4.69) is 43.4 Å². The van der Waals surface area contributed by atoms with Crippen LogP contribution in [0.1, 0.15) is 26.3 Å². The molecule has 0 aliphatic rings. The Kier molecular flexibility index (Phi) is 3.67. The van der Waals surface area contributed by atoms with Gasteiger partial charge < -0.3 is 11.1 Å². The molecular formula is C12H20N2. The van der Waals surface area contributed by atoms with Crippen molar-refractivity contribution in [2.45, 2.75) is 38.9 Å². The van der Waals surface area contributed by atoms with Gasteiger partial charge in [0.2, 0.25) is 0 Å². The number of benzene rings is 1. The van der Waals surface area contributed by atoms with Crippen molar-refractivity contribution in [3.63, 3.8) is 0 Å². The summed E-state index contributed by atoms with van der Waals surface area (Å²) in [4.78, 5) is 0. The predicted octanol–water partition coefficient (Wildman–Crippen LogP) is 1.90. The van der Waals surface area contributed by atoms with Gasteiger partial charge in [0, 0.05) is 18.1 Å². The van der Waals surface area contributed by atoms with Crippen LogP contribution in [0.15, 0.2) is 30.3 Å². The smallest absolute Gasteiger partial charge is 0.0276 e. The fourth-order valence-corrected chi connectivity index (χ4v) is 1.09. The molecule has 3 N–H and O–H groups in total. The third kappa shape index (κ3) is 3.13. The van der Waals surface area contributed by atoms with E-state index in [4.69, 9.17) is 5.73 Å². The zero-order chi connectivity index (χ0) is 10.6. The van der Waals surface area contributed by atoms with Crippen LogP contribution >= 0.6 is 0 Å². The normalized spacial score (nSPS) is 14.0. The minimum Gasteiger partial charge on any atom is -0.326 e. The highest BCUT2D eigenvalue weighted by molar-refractivity contribution is 5.14. The lowest BCUT2D eigenvalue weighted by Crippen LogP contribution is -2.51. The monoisotopic (exact) mass is 192 g/mol. The molecule has 1 aromatic carbocycles. The fourth-order valence-electron chi connectivity index (χ4n) is 1.09. The molecular weight excluding hydrogens is 172 g/mol. The maximum absolute atomic E-state index is 5.87. The van der Waals surface area contributed by atoms with E-state index in [1.54, 1.807) is 0 Å². The minimum absolute atomic E-state index is 0.0180. The molecule has 0 spiro atoms. The Balaban J connectivity index is 2.49.